The Kier molecular flexibility index (Phi) is 5.26. The van der Waals surface area contributed by atoms with Gasteiger partial charge >= 0.3 is 0 Å². The Morgan fingerprint density at radius 1 is 1.14 bits per heavy atom. The molecule has 7 nitrogen and oxygen atoms in total. The van der Waals surface area contributed by atoms with Crippen LogP contribution < -0.4 is 14.8 Å². The summed E-state index contributed by atoms with van der Waals surface area (Å²) in [6.07, 6.45) is 2.51. The van der Waals surface area contributed by atoms with Gasteiger partial charge in [0.2, 0.25) is 12.7 Å². The number of aryl methyl sites for hydroxylation is 1. The summed E-state index contributed by atoms with van der Waals surface area (Å²) in [5.74, 6) is 0.306. The van der Waals surface area contributed by atoms with E-state index in [0.717, 1.165) is 28.6 Å². The van der Waals surface area contributed by atoms with E-state index in [-0.39, 0.29) is 18.2 Å². The molecule has 0 aliphatic carbocycles. The number of hydrogen-bond donors (Lipinski definition) is 1. The minimum atomic E-state index is -0.492. The number of amides is 3. The van der Waals surface area contributed by atoms with E-state index in [1.807, 2.05) is 19.1 Å². The lowest BCUT2D eigenvalue weighted by Crippen LogP contribution is -2.36. The smallest absolute Gasteiger partial charge is 0.294 e. The summed E-state index contributed by atoms with van der Waals surface area (Å²) in [5.41, 5.74) is 2.48. The summed E-state index contributed by atoms with van der Waals surface area (Å²) in [5, 5.41) is 2.24. The van der Waals surface area contributed by atoms with Crippen molar-refractivity contribution in [3.05, 3.63) is 58.5 Å². The summed E-state index contributed by atoms with van der Waals surface area (Å²) >= 11 is 0.810. The van der Waals surface area contributed by atoms with Gasteiger partial charge in [0.25, 0.3) is 11.1 Å². The van der Waals surface area contributed by atoms with Crippen LogP contribution in [0.1, 0.15) is 18.1 Å². The van der Waals surface area contributed by atoms with Crippen LogP contribution in [0, 0.1) is 0 Å². The number of carbonyl (C=O) groups is 3. The summed E-state index contributed by atoms with van der Waals surface area (Å²) in [7, 11) is 0. The van der Waals surface area contributed by atoms with Crippen LogP contribution in [-0.4, -0.2) is 35.3 Å². The van der Waals surface area contributed by atoms with Crippen LogP contribution in [0.2, 0.25) is 0 Å². The van der Waals surface area contributed by atoms with Gasteiger partial charge < -0.3 is 14.8 Å². The molecule has 2 heterocycles. The molecular formula is C21H18N2O5S. The fraction of sp³-hybridized carbons (Fsp3) is 0.190. The summed E-state index contributed by atoms with van der Waals surface area (Å²) in [6.45, 7) is 1.87. The highest BCUT2D eigenvalue weighted by Gasteiger charge is 2.36. The minimum Gasteiger partial charge on any atom is -0.454 e. The third kappa shape index (κ3) is 4.12. The van der Waals surface area contributed by atoms with Crippen molar-refractivity contribution < 1.29 is 23.9 Å². The number of anilines is 1. The molecule has 29 heavy (non-hydrogen) atoms. The molecule has 2 aromatic rings. The van der Waals surface area contributed by atoms with Crippen molar-refractivity contribution in [2.75, 3.05) is 18.7 Å². The maximum absolute atomic E-state index is 12.6. The van der Waals surface area contributed by atoms with Crippen LogP contribution in [-0.2, 0) is 16.0 Å². The molecule has 8 heteroatoms. The van der Waals surface area contributed by atoms with E-state index in [2.05, 4.69) is 5.32 Å². The molecule has 3 amide bonds. The fourth-order valence-electron chi connectivity index (χ4n) is 2.96. The number of rotatable bonds is 5. The molecule has 0 radical (unpaired) electrons. The molecule has 0 bridgehead atoms. The molecule has 1 fully saturated rings. The second-order valence-electron chi connectivity index (χ2n) is 6.48. The van der Waals surface area contributed by atoms with Gasteiger partial charge in [-0.1, -0.05) is 25.1 Å². The predicted octanol–water partition coefficient (Wildman–Crippen LogP) is 3.65. The Hall–Kier alpha value is -3.26. The van der Waals surface area contributed by atoms with Gasteiger partial charge in [0.15, 0.2) is 11.5 Å². The zero-order valence-corrected chi connectivity index (χ0v) is 16.5. The van der Waals surface area contributed by atoms with Crippen molar-refractivity contribution in [1.82, 2.24) is 4.90 Å². The lowest BCUT2D eigenvalue weighted by atomic mass is 10.1. The molecule has 2 aliphatic heterocycles. The minimum absolute atomic E-state index is 0.158. The Labute approximate surface area is 171 Å². The van der Waals surface area contributed by atoms with Gasteiger partial charge in [-0.2, -0.15) is 0 Å². The third-order valence-corrected chi connectivity index (χ3v) is 5.42. The molecule has 2 aromatic carbocycles. The standard InChI is InChI=1S/C21H18N2O5S/c1-2-13-3-6-15(7-4-13)22-19(24)11-23-20(25)18(29-21(23)26)10-14-5-8-16-17(9-14)28-12-27-16/h3-10H,2,11-12H2,1H3,(H,22,24)/b18-10+. The third-order valence-electron chi connectivity index (χ3n) is 4.52. The van der Waals surface area contributed by atoms with Crippen molar-refractivity contribution >= 4 is 40.6 Å². The Bertz CT molecular complexity index is 1020. The highest BCUT2D eigenvalue weighted by atomic mass is 32.2. The molecule has 1 N–H and O–H groups in total. The van der Waals surface area contributed by atoms with E-state index in [0.29, 0.717) is 22.7 Å². The lowest BCUT2D eigenvalue weighted by molar-refractivity contribution is -0.127. The fourth-order valence-corrected chi connectivity index (χ4v) is 3.80. The van der Waals surface area contributed by atoms with Crippen LogP contribution in [0.15, 0.2) is 47.4 Å². The normalized spacial score (nSPS) is 16.6. The zero-order valence-electron chi connectivity index (χ0n) is 15.6. The molecule has 0 aromatic heterocycles. The van der Waals surface area contributed by atoms with Gasteiger partial charge in [0.05, 0.1) is 4.91 Å². The van der Waals surface area contributed by atoms with Crippen molar-refractivity contribution in [2.45, 2.75) is 13.3 Å². The lowest BCUT2D eigenvalue weighted by Gasteiger charge is -2.12. The predicted molar refractivity (Wildman–Crippen MR) is 110 cm³/mol. The average molecular weight is 410 g/mol. The largest absolute Gasteiger partial charge is 0.454 e. The molecule has 0 unspecified atom stereocenters. The molecule has 0 atom stereocenters. The monoisotopic (exact) mass is 410 g/mol. The maximum Gasteiger partial charge on any atom is 0.294 e. The number of thioether (sulfide) groups is 1. The highest BCUT2D eigenvalue weighted by molar-refractivity contribution is 8.18. The molecule has 0 saturated carbocycles. The number of ether oxygens (including phenoxy) is 2. The molecule has 148 valence electrons. The summed E-state index contributed by atoms with van der Waals surface area (Å²) in [6, 6.07) is 12.7. The quantitative estimate of drug-likeness (QED) is 0.758. The number of fused-ring (bicyclic) bond motifs is 1. The maximum atomic E-state index is 12.6. The van der Waals surface area contributed by atoms with Crippen LogP contribution in [0.4, 0.5) is 10.5 Å². The average Bonchev–Trinajstić information content (AvgIpc) is 3.28. The SMILES string of the molecule is CCc1ccc(NC(=O)CN2C(=O)S/C(=C/c3ccc4c(c3)OCO4)C2=O)cc1. The van der Waals surface area contributed by atoms with Crippen molar-refractivity contribution in [1.29, 1.82) is 0 Å². The first-order chi connectivity index (χ1) is 14.0. The van der Waals surface area contributed by atoms with E-state index in [9.17, 15) is 14.4 Å². The molecule has 2 aliphatic rings. The Morgan fingerprint density at radius 3 is 2.66 bits per heavy atom. The molecule has 1 saturated heterocycles. The van der Waals surface area contributed by atoms with Crippen molar-refractivity contribution in [3.63, 3.8) is 0 Å². The number of hydrogen-bond acceptors (Lipinski definition) is 6. The number of nitrogens with zero attached hydrogens (tertiary/aromatic N) is 1. The number of benzene rings is 2. The van der Waals surface area contributed by atoms with Crippen molar-refractivity contribution in [3.8, 4) is 11.5 Å². The number of nitrogens with one attached hydrogen (secondary N) is 1. The summed E-state index contributed by atoms with van der Waals surface area (Å²) in [4.78, 5) is 38.3. The molecule has 4 rings (SSSR count). The van der Waals surface area contributed by atoms with Gasteiger partial charge in [-0.05, 0) is 59.7 Å². The van der Waals surface area contributed by atoms with Crippen LogP contribution >= 0.6 is 11.8 Å². The van der Waals surface area contributed by atoms with E-state index in [1.165, 1.54) is 0 Å². The number of imide groups is 1. The first kappa shape index (κ1) is 19.1. The Balaban J connectivity index is 1.43. The van der Waals surface area contributed by atoms with Gasteiger partial charge in [0, 0.05) is 5.69 Å². The van der Waals surface area contributed by atoms with E-state index in [1.54, 1.807) is 36.4 Å². The van der Waals surface area contributed by atoms with Crippen LogP contribution in [0.3, 0.4) is 0 Å². The topological polar surface area (TPSA) is 84.9 Å². The van der Waals surface area contributed by atoms with Crippen molar-refractivity contribution in [2.24, 2.45) is 0 Å². The Morgan fingerprint density at radius 2 is 1.90 bits per heavy atom. The van der Waals surface area contributed by atoms with Gasteiger partial charge in [0.1, 0.15) is 6.54 Å². The first-order valence-electron chi connectivity index (χ1n) is 9.07. The second-order valence-corrected chi connectivity index (χ2v) is 7.47. The number of carbonyl (C=O) groups excluding carboxylic acids is 3. The van der Waals surface area contributed by atoms with Crippen LogP contribution in [0.25, 0.3) is 6.08 Å². The van der Waals surface area contributed by atoms with E-state index >= 15 is 0 Å². The van der Waals surface area contributed by atoms with Gasteiger partial charge in [-0.15, -0.1) is 0 Å². The second kappa shape index (κ2) is 8.00. The zero-order chi connectivity index (χ0) is 20.4. The van der Waals surface area contributed by atoms with Gasteiger partial charge in [-0.3, -0.25) is 19.3 Å². The summed E-state index contributed by atoms with van der Waals surface area (Å²) < 4.78 is 10.6. The van der Waals surface area contributed by atoms with E-state index in [4.69, 9.17) is 9.47 Å². The molecule has 0 spiro atoms. The molecular weight excluding hydrogens is 392 g/mol. The van der Waals surface area contributed by atoms with Crippen LogP contribution in [0.5, 0.6) is 11.5 Å². The van der Waals surface area contributed by atoms with Gasteiger partial charge in [-0.25, -0.2) is 0 Å². The van der Waals surface area contributed by atoms with E-state index < -0.39 is 17.1 Å². The first-order valence-corrected chi connectivity index (χ1v) is 9.89. The highest BCUT2D eigenvalue weighted by Crippen LogP contribution is 2.36.